The minimum atomic E-state index is -0.751. The van der Waals surface area contributed by atoms with Gasteiger partial charge in [0.1, 0.15) is 12.0 Å². The van der Waals surface area contributed by atoms with E-state index in [0.717, 1.165) is 11.3 Å². The molecular formula is C24H30N4O4. The van der Waals surface area contributed by atoms with Crippen molar-refractivity contribution in [3.63, 3.8) is 0 Å². The summed E-state index contributed by atoms with van der Waals surface area (Å²) in [6, 6.07) is 13.3. The van der Waals surface area contributed by atoms with E-state index in [4.69, 9.17) is 13.9 Å². The molecule has 3 rings (SSSR count). The lowest BCUT2D eigenvalue weighted by molar-refractivity contribution is 0.180. The van der Waals surface area contributed by atoms with Gasteiger partial charge in [0, 0.05) is 18.7 Å². The highest BCUT2D eigenvalue weighted by atomic mass is 16.5. The molecule has 2 aromatic carbocycles. The van der Waals surface area contributed by atoms with Crippen molar-refractivity contribution in [2.45, 2.75) is 26.5 Å². The second kappa shape index (κ2) is 11.2. The zero-order chi connectivity index (χ0) is 22.9. The normalized spacial score (nSPS) is 12.3. The fourth-order valence-electron chi connectivity index (χ4n) is 3.08. The van der Waals surface area contributed by atoms with Crippen molar-refractivity contribution in [1.82, 2.24) is 15.6 Å². The van der Waals surface area contributed by atoms with E-state index in [9.17, 15) is 5.11 Å². The van der Waals surface area contributed by atoms with Crippen LogP contribution in [-0.4, -0.2) is 43.4 Å². The molecule has 1 atom stereocenters. The average molecular weight is 439 g/mol. The van der Waals surface area contributed by atoms with E-state index in [1.54, 1.807) is 38.7 Å². The van der Waals surface area contributed by atoms with E-state index in [-0.39, 0.29) is 6.54 Å². The molecule has 8 heteroatoms. The number of ether oxygens (including phenoxy) is 2. The van der Waals surface area contributed by atoms with E-state index in [1.807, 2.05) is 38.1 Å². The smallest absolute Gasteiger partial charge is 0.226 e. The van der Waals surface area contributed by atoms with Crippen molar-refractivity contribution >= 4 is 5.96 Å². The van der Waals surface area contributed by atoms with Crippen LogP contribution in [0.3, 0.4) is 0 Å². The molecule has 3 N–H and O–H groups in total. The molecule has 0 aliphatic carbocycles. The number of aliphatic imine (C=N–C) groups is 1. The monoisotopic (exact) mass is 438 g/mol. The molecule has 0 saturated heterocycles. The number of nitrogens with zero attached hydrogens (tertiary/aromatic N) is 2. The van der Waals surface area contributed by atoms with Gasteiger partial charge in [0.25, 0.3) is 0 Å². The molecule has 1 unspecified atom stereocenters. The highest BCUT2D eigenvalue weighted by molar-refractivity contribution is 5.79. The van der Waals surface area contributed by atoms with Gasteiger partial charge in [-0.3, -0.25) is 0 Å². The quantitative estimate of drug-likeness (QED) is 0.347. The number of oxazole rings is 1. The third-order valence-corrected chi connectivity index (χ3v) is 4.85. The SMILES string of the molecule is CCNC(=NCc1coc(-c2ccc(C)cc2)n1)NCC(O)c1ccc(OC)c(OC)c1. The predicted molar refractivity (Wildman–Crippen MR) is 124 cm³/mol. The van der Waals surface area contributed by atoms with E-state index in [0.29, 0.717) is 42.0 Å². The maximum Gasteiger partial charge on any atom is 0.226 e. The van der Waals surface area contributed by atoms with Gasteiger partial charge in [-0.25, -0.2) is 9.98 Å². The molecule has 32 heavy (non-hydrogen) atoms. The largest absolute Gasteiger partial charge is 0.493 e. The predicted octanol–water partition coefficient (Wildman–Crippen LogP) is 3.46. The van der Waals surface area contributed by atoms with E-state index < -0.39 is 6.10 Å². The third kappa shape index (κ3) is 6.01. The minimum absolute atomic E-state index is 0.273. The lowest BCUT2D eigenvalue weighted by atomic mass is 10.1. The van der Waals surface area contributed by atoms with E-state index >= 15 is 0 Å². The summed E-state index contributed by atoms with van der Waals surface area (Å²) in [6.45, 7) is 5.32. The van der Waals surface area contributed by atoms with Gasteiger partial charge in [0.2, 0.25) is 5.89 Å². The van der Waals surface area contributed by atoms with Crippen LogP contribution in [0.4, 0.5) is 0 Å². The van der Waals surface area contributed by atoms with Gasteiger partial charge in [0.05, 0.1) is 26.9 Å². The first-order valence-corrected chi connectivity index (χ1v) is 10.5. The van der Waals surface area contributed by atoms with Crippen LogP contribution in [0, 0.1) is 6.92 Å². The van der Waals surface area contributed by atoms with Crippen LogP contribution in [0.15, 0.2) is 58.1 Å². The van der Waals surface area contributed by atoms with Gasteiger partial charge in [0.15, 0.2) is 17.5 Å². The molecule has 1 aromatic heterocycles. The van der Waals surface area contributed by atoms with Crippen LogP contribution >= 0.6 is 0 Å². The number of aliphatic hydroxyl groups excluding tert-OH is 1. The number of benzene rings is 2. The van der Waals surface area contributed by atoms with Gasteiger partial charge in [-0.15, -0.1) is 0 Å². The van der Waals surface area contributed by atoms with Gasteiger partial charge in [-0.1, -0.05) is 23.8 Å². The van der Waals surface area contributed by atoms with Crippen molar-refractivity contribution in [3.05, 3.63) is 65.5 Å². The first kappa shape index (κ1) is 23.1. The minimum Gasteiger partial charge on any atom is -0.493 e. The highest BCUT2D eigenvalue weighted by Gasteiger charge is 2.13. The van der Waals surface area contributed by atoms with Gasteiger partial charge in [-0.05, 0) is 43.7 Å². The molecular weight excluding hydrogens is 408 g/mol. The van der Waals surface area contributed by atoms with Crippen molar-refractivity contribution < 1.29 is 19.0 Å². The fourth-order valence-corrected chi connectivity index (χ4v) is 3.08. The lowest BCUT2D eigenvalue weighted by Crippen LogP contribution is -2.39. The number of aromatic nitrogens is 1. The van der Waals surface area contributed by atoms with Gasteiger partial charge < -0.3 is 29.6 Å². The molecule has 3 aromatic rings. The standard InChI is InChI=1S/C24H30N4O4/c1-5-25-24(27-14-20(29)18-10-11-21(30-3)22(12-18)31-4)26-13-19-15-32-23(28-19)17-8-6-16(2)7-9-17/h6-12,15,20,29H,5,13-14H2,1-4H3,(H2,25,26,27). The van der Waals surface area contributed by atoms with Crippen LogP contribution in [0.5, 0.6) is 11.5 Å². The lowest BCUT2D eigenvalue weighted by Gasteiger charge is -2.17. The summed E-state index contributed by atoms with van der Waals surface area (Å²) < 4.78 is 16.2. The van der Waals surface area contributed by atoms with Crippen molar-refractivity contribution in [2.24, 2.45) is 4.99 Å². The molecule has 1 heterocycles. The molecule has 0 spiro atoms. The van der Waals surface area contributed by atoms with E-state index in [2.05, 4.69) is 20.6 Å². The summed E-state index contributed by atoms with van der Waals surface area (Å²) >= 11 is 0. The Kier molecular flexibility index (Phi) is 8.10. The van der Waals surface area contributed by atoms with Crippen LogP contribution < -0.4 is 20.1 Å². The Balaban J connectivity index is 1.62. The van der Waals surface area contributed by atoms with Crippen LogP contribution in [0.1, 0.15) is 29.8 Å². The van der Waals surface area contributed by atoms with Crippen LogP contribution in [0.25, 0.3) is 11.5 Å². The summed E-state index contributed by atoms with van der Waals surface area (Å²) in [5.74, 6) is 2.33. The molecule has 0 aliphatic heterocycles. The zero-order valence-corrected chi connectivity index (χ0v) is 18.9. The topological polar surface area (TPSA) is 101 Å². The van der Waals surface area contributed by atoms with Crippen molar-refractivity contribution in [3.8, 4) is 23.0 Å². The number of methoxy groups -OCH3 is 2. The molecule has 0 aliphatic rings. The Morgan fingerprint density at radius 1 is 1.09 bits per heavy atom. The summed E-state index contributed by atoms with van der Waals surface area (Å²) in [7, 11) is 3.14. The van der Waals surface area contributed by atoms with Crippen molar-refractivity contribution in [1.29, 1.82) is 0 Å². The van der Waals surface area contributed by atoms with E-state index in [1.165, 1.54) is 5.56 Å². The second-order valence-electron chi connectivity index (χ2n) is 7.22. The van der Waals surface area contributed by atoms with Gasteiger partial charge >= 0.3 is 0 Å². The zero-order valence-electron chi connectivity index (χ0n) is 18.9. The summed E-state index contributed by atoms with van der Waals surface area (Å²) in [5, 5.41) is 16.9. The first-order valence-electron chi connectivity index (χ1n) is 10.5. The molecule has 0 bridgehead atoms. The number of hydrogen-bond donors (Lipinski definition) is 3. The number of hydrogen-bond acceptors (Lipinski definition) is 6. The number of nitrogens with one attached hydrogen (secondary N) is 2. The maximum absolute atomic E-state index is 10.6. The maximum atomic E-state index is 10.6. The first-order chi connectivity index (χ1) is 15.5. The Labute approximate surface area is 188 Å². The number of aliphatic hydroxyl groups is 1. The third-order valence-electron chi connectivity index (χ3n) is 4.85. The molecule has 0 amide bonds. The van der Waals surface area contributed by atoms with Crippen LogP contribution in [0.2, 0.25) is 0 Å². The molecule has 8 nitrogen and oxygen atoms in total. The molecule has 0 radical (unpaired) electrons. The Bertz CT molecular complexity index is 1030. The number of rotatable bonds is 9. The van der Waals surface area contributed by atoms with Crippen LogP contribution in [-0.2, 0) is 6.54 Å². The fraction of sp³-hybridized carbons (Fsp3) is 0.333. The summed E-state index contributed by atoms with van der Waals surface area (Å²) in [6.07, 6.45) is 0.861. The molecule has 0 saturated carbocycles. The molecule has 170 valence electrons. The summed E-state index contributed by atoms with van der Waals surface area (Å²) in [4.78, 5) is 9.06. The molecule has 0 fully saturated rings. The Hall–Kier alpha value is -3.52. The average Bonchev–Trinajstić information content (AvgIpc) is 3.29. The van der Waals surface area contributed by atoms with Crippen molar-refractivity contribution in [2.75, 3.05) is 27.3 Å². The highest BCUT2D eigenvalue weighted by Crippen LogP contribution is 2.29. The number of aryl methyl sites for hydroxylation is 1. The number of guanidine groups is 1. The second-order valence-corrected chi connectivity index (χ2v) is 7.22. The summed E-state index contributed by atoms with van der Waals surface area (Å²) in [5.41, 5.74) is 3.54. The van der Waals surface area contributed by atoms with Gasteiger partial charge in [-0.2, -0.15) is 0 Å². The Morgan fingerprint density at radius 3 is 2.53 bits per heavy atom. The Morgan fingerprint density at radius 2 is 1.84 bits per heavy atom.